The van der Waals surface area contributed by atoms with Gasteiger partial charge >= 0.3 is 69.4 Å². The van der Waals surface area contributed by atoms with Gasteiger partial charge in [-0.25, -0.2) is 0 Å². The molecule has 0 aliphatic rings. The van der Waals surface area contributed by atoms with Gasteiger partial charge in [-0.05, 0) is 0 Å². The van der Waals surface area contributed by atoms with Crippen LogP contribution in [0.3, 0.4) is 0 Å². The molecule has 0 saturated carbocycles. The molecule has 1 rings (SSSR count). The number of imidazole rings is 1. The molecule has 0 radical (unpaired) electrons. The number of hydrogen-bond acceptors (Lipinski definition) is 2. The number of aromatic nitrogens is 2. The maximum absolute atomic E-state index is 8.24. The van der Waals surface area contributed by atoms with Crippen molar-refractivity contribution in [3.05, 3.63) is 18.2 Å². The Morgan fingerprint density at radius 3 is 3.11 bits per heavy atom. The van der Waals surface area contributed by atoms with Gasteiger partial charge in [0.2, 0.25) is 0 Å². The first-order valence-corrected chi connectivity index (χ1v) is 4.48. The van der Waals surface area contributed by atoms with E-state index in [4.69, 9.17) is 5.26 Å². The van der Waals surface area contributed by atoms with Crippen LogP contribution in [-0.2, 0) is 6.42 Å². The van der Waals surface area contributed by atoms with Crippen molar-refractivity contribution in [2.24, 2.45) is 0 Å². The molecular formula is C5H4N3Tl. The molecule has 0 aliphatic carbocycles. The van der Waals surface area contributed by atoms with Crippen LogP contribution in [0.1, 0.15) is 5.69 Å². The van der Waals surface area contributed by atoms with Gasteiger partial charge in [0.25, 0.3) is 0 Å². The third-order valence-electron chi connectivity index (χ3n) is 0.915. The Morgan fingerprint density at radius 2 is 2.67 bits per heavy atom. The van der Waals surface area contributed by atoms with Crippen LogP contribution in [-0.4, -0.2) is 33.4 Å². The summed E-state index contributed by atoms with van der Waals surface area (Å²) < 4.78 is 1.99. The van der Waals surface area contributed by atoms with Gasteiger partial charge in [-0.3, -0.25) is 0 Å². The Bertz CT molecular complexity index is 235. The van der Waals surface area contributed by atoms with Crippen LogP contribution in [0.2, 0.25) is 0 Å². The summed E-state index contributed by atoms with van der Waals surface area (Å²) in [5.41, 5.74) is 0.875. The van der Waals surface area contributed by atoms with E-state index in [1.807, 2.05) is 14.6 Å². The van der Waals surface area contributed by atoms with Crippen molar-refractivity contribution in [1.82, 2.24) is 7.36 Å². The van der Waals surface area contributed by atoms with Gasteiger partial charge in [-0.2, -0.15) is 0 Å². The normalized spacial score (nSPS) is 8.67. The van der Waals surface area contributed by atoms with Crippen molar-refractivity contribution in [2.75, 3.05) is 0 Å². The van der Waals surface area contributed by atoms with E-state index in [1.165, 1.54) is 0 Å². The number of rotatable bonds is 1. The Hall–Kier alpha value is -0.378. The molecule has 0 atom stereocenters. The Labute approximate surface area is 69.4 Å². The van der Waals surface area contributed by atoms with Crippen molar-refractivity contribution in [2.45, 2.75) is 6.42 Å². The zero-order chi connectivity index (χ0) is 6.69. The second-order valence-corrected chi connectivity index (χ2v) is 3.97. The van der Waals surface area contributed by atoms with Crippen LogP contribution in [0.15, 0.2) is 12.5 Å². The molecule has 4 heteroatoms. The van der Waals surface area contributed by atoms with Crippen LogP contribution >= 0.6 is 0 Å². The van der Waals surface area contributed by atoms with Gasteiger partial charge in [-0.15, -0.1) is 0 Å². The van der Waals surface area contributed by atoms with Gasteiger partial charge < -0.3 is 0 Å². The Balaban J connectivity index is 2.76. The van der Waals surface area contributed by atoms with Crippen molar-refractivity contribution >= 4 is 26.1 Å². The van der Waals surface area contributed by atoms with E-state index in [-0.39, 0.29) is 0 Å². The van der Waals surface area contributed by atoms with Crippen LogP contribution in [0.5, 0.6) is 0 Å². The molecular weight excluding hydrogens is 306 g/mol. The van der Waals surface area contributed by atoms with E-state index in [0.29, 0.717) is 6.42 Å². The Kier molecular flexibility index (Phi) is 2.22. The van der Waals surface area contributed by atoms with Crippen molar-refractivity contribution in [1.29, 1.82) is 5.26 Å². The second-order valence-electron chi connectivity index (χ2n) is 1.65. The maximum atomic E-state index is 8.24. The van der Waals surface area contributed by atoms with E-state index >= 15 is 0 Å². The molecule has 0 aliphatic heterocycles. The quantitative estimate of drug-likeness (QED) is 0.679. The summed E-state index contributed by atoms with van der Waals surface area (Å²) in [6.45, 7) is 0. The molecule has 3 nitrogen and oxygen atoms in total. The molecule has 0 bridgehead atoms. The summed E-state index contributed by atoms with van der Waals surface area (Å²) in [6.07, 6.45) is 4.10. The summed E-state index contributed by atoms with van der Waals surface area (Å²) in [5.74, 6) is 0. The third-order valence-corrected chi connectivity index (χ3v) is 2.01. The third kappa shape index (κ3) is 1.78. The van der Waals surface area contributed by atoms with Crippen LogP contribution in [0.25, 0.3) is 0 Å². The fraction of sp³-hybridized carbons (Fsp3) is 0.200. The van der Waals surface area contributed by atoms with E-state index < -0.39 is 0 Å². The predicted molar refractivity (Wildman–Crippen MR) is 32.7 cm³/mol. The Morgan fingerprint density at radius 1 is 1.89 bits per heavy atom. The second kappa shape index (κ2) is 2.96. The van der Waals surface area contributed by atoms with Gasteiger partial charge in [-0.1, -0.05) is 0 Å². The average molecular weight is 310 g/mol. The fourth-order valence-corrected chi connectivity index (χ4v) is 1.48. The summed E-state index contributed by atoms with van der Waals surface area (Å²) in [5, 5.41) is 8.24. The van der Waals surface area contributed by atoms with Crippen LogP contribution in [0.4, 0.5) is 0 Å². The van der Waals surface area contributed by atoms with Crippen LogP contribution in [0, 0.1) is 11.3 Å². The molecule has 0 aromatic carbocycles. The first-order chi connectivity index (χ1) is 4.33. The molecule has 0 spiro atoms. The molecule has 0 N–H and O–H groups in total. The topological polar surface area (TPSA) is 41.6 Å². The molecule has 0 saturated heterocycles. The van der Waals surface area contributed by atoms with Crippen LogP contribution < -0.4 is 0 Å². The molecule has 0 fully saturated rings. The van der Waals surface area contributed by atoms with E-state index in [9.17, 15) is 0 Å². The standard InChI is InChI=1S/C5H4N3.Tl/c6-2-1-5-3-7-4-8-5;/h3-4H,1H2;/q-1;+1. The van der Waals surface area contributed by atoms with Gasteiger partial charge in [0.05, 0.1) is 0 Å². The van der Waals surface area contributed by atoms with E-state index in [0.717, 1.165) is 31.8 Å². The summed E-state index contributed by atoms with van der Waals surface area (Å²) >= 11 is 0.759. The zero-order valence-electron chi connectivity index (χ0n) is 4.78. The molecule has 1 heterocycles. The number of nitriles is 1. The average Bonchev–Trinajstić information content (AvgIpc) is 2.17. The summed E-state index contributed by atoms with van der Waals surface area (Å²) in [7, 11) is 0. The zero-order valence-corrected chi connectivity index (χ0v) is 9.27. The monoisotopic (exact) mass is 311 g/mol. The van der Waals surface area contributed by atoms with Crippen molar-refractivity contribution < 1.29 is 0 Å². The first kappa shape index (κ1) is 6.74. The predicted octanol–water partition coefficient (Wildman–Crippen LogP) is -0.119. The minimum atomic E-state index is 0.430. The number of hydrogen-bond donors (Lipinski definition) is 0. The SMILES string of the molecule is N#CCc1c[n]([Tl])cn1. The molecule has 9 heavy (non-hydrogen) atoms. The van der Waals surface area contributed by atoms with E-state index in [2.05, 4.69) is 4.98 Å². The summed E-state index contributed by atoms with van der Waals surface area (Å²) in [6, 6.07) is 2.04. The van der Waals surface area contributed by atoms with Crippen molar-refractivity contribution in [3.8, 4) is 6.07 Å². The molecule has 1 aromatic heterocycles. The molecule has 1 aromatic rings. The summed E-state index contributed by atoms with van der Waals surface area (Å²) in [4.78, 5) is 3.99. The molecule has 0 amide bonds. The fourth-order valence-electron chi connectivity index (χ4n) is 0.552. The number of nitrogens with zero attached hydrogens (tertiary/aromatic N) is 3. The minimum absolute atomic E-state index is 0.430. The van der Waals surface area contributed by atoms with Gasteiger partial charge in [0.15, 0.2) is 0 Å². The first-order valence-electron chi connectivity index (χ1n) is 2.48. The molecule has 0 unspecified atom stereocenters. The van der Waals surface area contributed by atoms with Crippen molar-refractivity contribution in [3.63, 3.8) is 0 Å². The van der Waals surface area contributed by atoms with Gasteiger partial charge in [0, 0.05) is 0 Å². The van der Waals surface area contributed by atoms with Gasteiger partial charge in [0.1, 0.15) is 0 Å². The van der Waals surface area contributed by atoms with E-state index in [1.54, 1.807) is 6.33 Å². The molecule has 42 valence electrons.